The molecule has 0 saturated carbocycles. The number of piperidine rings is 1. The van der Waals surface area contributed by atoms with Gasteiger partial charge in [-0.15, -0.1) is 11.3 Å². The number of carbonyl (C=O) groups excluding carboxylic acids is 2. The molecule has 1 fully saturated rings. The minimum Gasteiger partial charge on any atom is -0.334 e. The third-order valence-electron chi connectivity index (χ3n) is 8.05. The third kappa shape index (κ3) is 4.40. The van der Waals surface area contributed by atoms with E-state index in [1.807, 2.05) is 10.8 Å². The van der Waals surface area contributed by atoms with Crippen LogP contribution < -0.4 is 5.32 Å². The summed E-state index contributed by atoms with van der Waals surface area (Å²) in [5, 5.41) is 9.48. The highest BCUT2D eigenvalue weighted by Gasteiger charge is 2.42. The Kier molecular flexibility index (Phi) is 6.40. The molecule has 0 aliphatic carbocycles. The van der Waals surface area contributed by atoms with Crippen LogP contribution in [-0.2, 0) is 24.3 Å². The molecule has 1 aromatic carbocycles. The van der Waals surface area contributed by atoms with Crippen LogP contribution in [0, 0.1) is 5.82 Å². The van der Waals surface area contributed by atoms with E-state index in [-0.39, 0.29) is 17.7 Å². The van der Waals surface area contributed by atoms with E-state index in [1.165, 1.54) is 22.3 Å². The minimum atomic E-state index is -1.02. The van der Waals surface area contributed by atoms with Crippen molar-refractivity contribution >= 4 is 40.1 Å². The Balaban J connectivity index is 1.20. The van der Waals surface area contributed by atoms with E-state index in [0.717, 1.165) is 56.6 Å². The summed E-state index contributed by atoms with van der Waals surface area (Å²) in [4.78, 5) is 37.6. The van der Waals surface area contributed by atoms with Crippen LogP contribution in [0.25, 0.3) is 5.69 Å². The van der Waals surface area contributed by atoms with E-state index >= 15 is 4.39 Å². The normalized spacial score (nSPS) is 18.2. The van der Waals surface area contributed by atoms with Crippen LogP contribution in [-0.4, -0.2) is 58.5 Å². The molecule has 0 radical (unpaired) electrons. The van der Waals surface area contributed by atoms with E-state index in [4.69, 9.17) is 11.8 Å². The predicted octanol–water partition coefficient (Wildman–Crippen LogP) is 4.28. The summed E-state index contributed by atoms with van der Waals surface area (Å²) >= 11 is 7.39. The Labute approximate surface area is 238 Å². The van der Waals surface area contributed by atoms with E-state index in [2.05, 4.69) is 20.4 Å². The molecule has 3 aliphatic rings. The van der Waals surface area contributed by atoms with Gasteiger partial charge in [0.2, 0.25) is 0 Å². The number of carbonyl (C=O) groups is 2. The van der Waals surface area contributed by atoms with Crippen molar-refractivity contribution in [2.75, 3.05) is 18.4 Å². The fourth-order valence-corrected chi connectivity index (χ4v) is 6.71. The largest absolute Gasteiger partial charge is 0.334 e. The number of amides is 2. The maximum Gasteiger partial charge on any atom is 0.255 e. The molecule has 3 aromatic heterocycles. The lowest BCUT2D eigenvalue weighted by Gasteiger charge is -2.26. The summed E-state index contributed by atoms with van der Waals surface area (Å²) in [6.07, 6.45) is 10.5. The van der Waals surface area contributed by atoms with Crippen LogP contribution in [0.2, 0.25) is 0 Å². The summed E-state index contributed by atoms with van der Waals surface area (Å²) in [5.74, 6) is -1.03. The summed E-state index contributed by atoms with van der Waals surface area (Å²) < 4.78 is 21.0. The van der Waals surface area contributed by atoms with Crippen LogP contribution in [0.4, 0.5) is 9.52 Å². The van der Waals surface area contributed by atoms with Crippen molar-refractivity contribution in [1.29, 1.82) is 0 Å². The molecule has 0 spiro atoms. The smallest absolute Gasteiger partial charge is 0.255 e. The van der Waals surface area contributed by atoms with Gasteiger partial charge in [0, 0.05) is 54.2 Å². The lowest BCUT2D eigenvalue weighted by atomic mass is 9.93. The van der Waals surface area contributed by atoms with E-state index in [9.17, 15) is 9.59 Å². The Morgan fingerprint density at radius 3 is 2.85 bits per heavy atom. The number of aromatic nitrogens is 5. The zero-order valence-electron chi connectivity index (χ0n) is 21.5. The molecular formula is C27H26ClFN8O2S. The second-order valence-corrected chi connectivity index (χ2v) is 11.8. The molecule has 1 saturated heterocycles. The van der Waals surface area contributed by atoms with E-state index in [1.54, 1.807) is 39.3 Å². The molecule has 40 heavy (non-hydrogen) atoms. The topological polar surface area (TPSA) is 101 Å². The third-order valence-corrected chi connectivity index (χ3v) is 9.08. The highest BCUT2D eigenvalue weighted by molar-refractivity contribution is 7.13. The van der Waals surface area contributed by atoms with Gasteiger partial charge < -0.3 is 9.47 Å². The van der Waals surface area contributed by atoms with Gasteiger partial charge in [-0.1, -0.05) is 0 Å². The number of hydrogen-bond donors (Lipinski definition) is 1. The maximum absolute atomic E-state index is 15.6. The molecule has 2 amide bonds. The average molecular weight is 581 g/mol. The number of benzene rings is 1. The second-order valence-electron chi connectivity index (χ2n) is 10.4. The minimum absolute atomic E-state index is 0.0378. The van der Waals surface area contributed by atoms with Gasteiger partial charge in [0.25, 0.3) is 11.8 Å². The van der Waals surface area contributed by atoms with Crippen molar-refractivity contribution in [3.8, 4) is 5.69 Å². The number of nitrogens with zero attached hydrogens (tertiary/aromatic N) is 7. The molecule has 1 atom stereocenters. The van der Waals surface area contributed by atoms with Gasteiger partial charge in [-0.3, -0.25) is 14.9 Å². The zero-order chi connectivity index (χ0) is 27.4. The first-order chi connectivity index (χ1) is 19.5. The molecule has 6 heterocycles. The van der Waals surface area contributed by atoms with Crippen molar-refractivity contribution in [3.05, 3.63) is 76.3 Å². The van der Waals surface area contributed by atoms with Crippen LogP contribution >= 0.6 is 23.1 Å². The van der Waals surface area contributed by atoms with Crippen molar-refractivity contribution in [2.24, 2.45) is 0 Å². The van der Waals surface area contributed by atoms with Crippen LogP contribution in [0.3, 0.4) is 0 Å². The summed E-state index contributed by atoms with van der Waals surface area (Å²) in [6.45, 7) is 2.37. The number of halogens is 2. The SMILES string of the molecule is O=C(Nc1nccs1)C(c1ncn2c1CCC2)N1Cc2c(F)cc(-n3cc(C4CCN(Cl)CC4)cn3)cc2C1=O. The van der Waals surface area contributed by atoms with Crippen LogP contribution in [0.1, 0.15) is 64.1 Å². The molecule has 1 N–H and O–H groups in total. The number of aryl methyl sites for hydroxylation is 1. The van der Waals surface area contributed by atoms with Crippen molar-refractivity contribution < 1.29 is 14.0 Å². The maximum atomic E-state index is 15.6. The molecule has 206 valence electrons. The lowest BCUT2D eigenvalue weighted by molar-refractivity contribution is -0.121. The Morgan fingerprint density at radius 2 is 2.05 bits per heavy atom. The first kappa shape index (κ1) is 25.4. The number of hydrogen-bond acceptors (Lipinski definition) is 7. The summed E-state index contributed by atoms with van der Waals surface area (Å²) in [5.41, 5.74) is 3.45. The molecular weight excluding hydrogens is 555 g/mol. The Morgan fingerprint density at radius 1 is 1.20 bits per heavy atom. The van der Waals surface area contributed by atoms with Crippen molar-refractivity contribution in [3.63, 3.8) is 0 Å². The highest BCUT2D eigenvalue weighted by Crippen LogP contribution is 2.37. The molecule has 13 heteroatoms. The number of anilines is 1. The average Bonchev–Trinajstić information content (AvgIpc) is 3.77. The Hall–Kier alpha value is -3.61. The number of imidazole rings is 1. The fraction of sp³-hybridized carbons (Fsp3) is 0.370. The predicted molar refractivity (Wildman–Crippen MR) is 147 cm³/mol. The molecule has 1 unspecified atom stereocenters. The molecule has 10 nitrogen and oxygen atoms in total. The molecule has 7 rings (SSSR count). The second kappa shape index (κ2) is 10.1. The van der Waals surface area contributed by atoms with Crippen LogP contribution in [0.15, 0.2) is 42.4 Å². The number of thiazole rings is 1. The first-order valence-electron chi connectivity index (χ1n) is 13.3. The van der Waals surface area contributed by atoms with Gasteiger partial charge in [0.15, 0.2) is 11.2 Å². The summed E-state index contributed by atoms with van der Waals surface area (Å²) in [6, 6.07) is 2.03. The Bertz CT molecular complexity index is 1590. The van der Waals surface area contributed by atoms with Gasteiger partial charge >= 0.3 is 0 Å². The lowest BCUT2D eigenvalue weighted by Crippen LogP contribution is -2.38. The molecule has 0 bridgehead atoms. The molecule has 4 aromatic rings. The fourth-order valence-electron chi connectivity index (χ4n) is 5.99. The number of nitrogens with one attached hydrogen (secondary N) is 1. The van der Waals surface area contributed by atoms with Crippen molar-refractivity contribution in [2.45, 2.75) is 50.7 Å². The standard InChI is InChI=1S/C27H26ClFN8O2S/c28-35-7-3-16(4-8-35)17-12-32-37(13-17)18-10-19-20(21(29)11-18)14-36(26(19)39)24(25(38)33-27-30-5-9-40-27)23-22-2-1-6-34(22)15-31-23/h5,9-13,15-16,24H,1-4,6-8,14H2,(H,30,33,38). The zero-order valence-corrected chi connectivity index (χ0v) is 23.0. The number of fused-ring (bicyclic) bond motifs is 2. The highest BCUT2D eigenvalue weighted by atomic mass is 35.5. The van der Waals surface area contributed by atoms with E-state index in [0.29, 0.717) is 22.4 Å². The van der Waals surface area contributed by atoms with Gasteiger partial charge in [0.1, 0.15) is 5.82 Å². The van der Waals surface area contributed by atoms with Crippen molar-refractivity contribution in [1.82, 2.24) is 33.6 Å². The first-order valence-corrected chi connectivity index (χ1v) is 14.5. The molecule has 3 aliphatic heterocycles. The van der Waals surface area contributed by atoms with E-state index < -0.39 is 23.7 Å². The van der Waals surface area contributed by atoms with Gasteiger partial charge in [-0.05, 0) is 61.1 Å². The van der Waals surface area contributed by atoms with Crippen LogP contribution in [0.5, 0.6) is 0 Å². The van der Waals surface area contributed by atoms with Gasteiger partial charge in [-0.2, -0.15) is 5.10 Å². The monoisotopic (exact) mass is 580 g/mol. The number of rotatable bonds is 6. The summed E-state index contributed by atoms with van der Waals surface area (Å²) in [7, 11) is 0. The van der Waals surface area contributed by atoms with Gasteiger partial charge in [-0.25, -0.2) is 23.5 Å². The van der Waals surface area contributed by atoms with Gasteiger partial charge in [0.05, 0.1) is 30.5 Å². The quantitative estimate of drug-likeness (QED) is 0.342.